The Morgan fingerprint density at radius 1 is 1.82 bits per heavy atom. The fourth-order valence-electron chi connectivity index (χ4n) is 0.574. The molecule has 1 aromatic rings. The van der Waals surface area contributed by atoms with E-state index >= 15 is 0 Å². The van der Waals surface area contributed by atoms with Gasteiger partial charge in [-0.05, 0) is 6.42 Å². The molecule has 2 unspecified atom stereocenters. The van der Waals surface area contributed by atoms with Gasteiger partial charge >= 0.3 is 0 Å². The van der Waals surface area contributed by atoms with E-state index in [0.717, 1.165) is 6.42 Å². The first-order chi connectivity index (χ1) is 5.25. The van der Waals surface area contributed by atoms with Crippen LogP contribution in [0.2, 0.25) is 0 Å². The maximum absolute atomic E-state index is 11.5. The van der Waals surface area contributed by atoms with Crippen molar-refractivity contribution in [3.63, 3.8) is 0 Å². The van der Waals surface area contributed by atoms with Crippen LogP contribution in [0.4, 0.5) is 0 Å². The number of hydrogen-bond acceptors (Lipinski definition) is 4. The van der Waals surface area contributed by atoms with Gasteiger partial charge in [-0.3, -0.25) is 4.21 Å². The van der Waals surface area contributed by atoms with Crippen LogP contribution < -0.4 is 0 Å². The van der Waals surface area contributed by atoms with E-state index in [1.165, 1.54) is 11.3 Å². The Morgan fingerprint density at radius 2 is 2.55 bits per heavy atom. The normalized spacial score (nSPS) is 16.2. The minimum Gasteiger partial charge on any atom is -0.252 e. The van der Waals surface area contributed by atoms with Gasteiger partial charge in [-0.15, -0.1) is 10.2 Å². The molecule has 1 aromatic heterocycles. The Kier molecular flexibility index (Phi) is 3.14. The lowest BCUT2D eigenvalue weighted by atomic mass is 10.4. The predicted molar refractivity (Wildman–Crippen MR) is 46.1 cm³/mol. The standard InChI is InChI=1S/C6H10N2OS2/c1-3-5(2)11(9)6-8-7-4-10-6/h4-5H,3H2,1-2H3. The molecule has 0 spiro atoms. The molecule has 0 saturated carbocycles. The summed E-state index contributed by atoms with van der Waals surface area (Å²) in [6.07, 6.45) is 0.909. The third-order valence-corrected chi connectivity index (χ3v) is 4.21. The quantitative estimate of drug-likeness (QED) is 0.724. The van der Waals surface area contributed by atoms with Crippen molar-refractivity contribution in [2.24, 2.45) is 0 Å². The fraction of sp³-hybridized carbons (Fsp3) is 0.667. The highest BCUT2D eigenvalue weighted by Gasteiger charge is 2.13. The molecule has 0 bridgehead atoms. The maximum atomic E-state index is 11.5. The first kappa shape index (κ1) is 8.80. The molecule has 3 nitrogen and oxygen atoms in total. The van der Waals surface area contributed by atoms with Gasteiger partial charge in [0.15, 0.2) is 0 Å². The van der Waals surface area contributed by atoms with Gasteiger partial charge in [0.05, 0.1) is 10.8 Å². The van der Waals surface area contributed by atoms with Crippen LogP contribution in [-0.2, 0) is 10.8 Å². The molecule has 0 aliphatic heterocycles. The van der Waals surface area contributed by atoms with Gasteiger partial charge in [0.25, 0.3) is 0 Å². The van der Waals surface area contributed by atoms with Crippen LogP contribution in [0.15, 0.2) is 9.85 Å². The van der Waals surface area contributed by atoms with Gasteiger partial charge in [-0.2, -0.15) is 0 Å². The Labute approximate surface area is 72.3 Å². The highest BCUT2D eigenvalue weighted by atomic mass is 32.2. The minimum absolute atomic E-state index is 0.183. The Balaban J connectivity index is 2.70. The number of rotatable bonds is 3. The van der Waals surface area contributed by atoms with Crippen LogP contribution in [0.3, 0.4) is 0 Å². The van der Waals surface area contributed by atoms with Gasteiger partial charge in [-0.25, -0.2) is 0 Å². The van der Waals surface area contributed by atoms with Crippen molar-refractivity contribution in [3.05, 3.63) is 5.51 Å². The third-order valence-electron chi connectivity index (χ3n) is 1.45. The van der Waals surface area contributed by atoms with Gasteiger partial charge in [0.2, 0.25) is 4.34 Å². The third kappa shape index (κ3) is 2.07. The first-order valence-electron chi connectivity index (χ1n) is 3.42. The predicted octanol–water partition coefficient (Wildman–Crippen LogP) is 1.44. The monoisotopic (exact) mass is 190 g/mol. The van der Waals surface area contributed by atoms with Crippen molar-refractivity contribution < 1.29 is 4.21 Å². The highest BCUT2D eigenvalue weighted by molar-refractivity contribution is 7.87. The van der Waals surface area contributed by atoms with Gasteiger partial charge in [-0.1, -0.05) is 25.2 Å². The van der Waals surface area contributed by atoms with Crippen molar-refractivity contribution in [1.82, 2.24) is 10.2 Å². The summed E-state index contributed by atoms with van der Waals surface area (Å²) < 4.78 is 12.1. The lowest BCUT2D eigenvalue weighted by molar-refractivity contribution is 0.668. The summed E-state index contributed by atoms with van der Waals surface area (Å²) in [5, 5.41) is 7.57. The molecule has 62 valence electrons. The van der Waals surface area contributed by atoms with Crippen molar-refractivity contribution in [2.75, 3.05) is 0 Å². The minimum atomic E-state index is -0.952. The van der Waals surface area contributed by atoms with Crippen LogP contribution in [0, 0.1) is 0 Å². The molecule has 0 saturated heterocycles. The van der Waals surface area contributed by atoms with E-state index in [4.69, 9.17) is 0 Å². The van der Waals surface area contributed by atoms with E-state index in [-0.39, 0.29) is 5.25 Å². The zero-order valence-corrected chi connectivity index (χ0v) is 8.11. The lowest BCUT2D eigenvalue weighted by Gasteiger charge is -2.03. The van der Waals surface area contributed by atoms with Crippen molar-refractivity contribution in [1.29, 1.82) is 0 Å². The molecule has 0 radical (unpaired) electrons. The Hall–Kier alpha value is -0.290. The van der Waals surface area contributed by atoms with Crippen LogP contribution >= 0.6 is 11.3 Å². The molecule has 0 aromatic carbocycles. The molecule has 2 atom stereocenters. The van der Waals surface area contributed by atoms with E-state index in [0.29, 0.717) is 4.34 Å². The van der Waals surface area contributed by atoms with Gasteiger partial charge in [0, 0.05) is 5.25 Å². The van der Waals surface area contributed by atoms with E-state index in [1.807, 2.05) is 13.8 Å². The van der Waals surface area contributed by atoms with E-state index in [2.05, 4.69) is 10.2 Å². The molecule has 1 heterocycles. The van der Waals surface area contributed by atoms with Crippen LogP contribution in [0.25, 0.3) is 0 Å². The fourth-order valence-corrected chi connectivity index (χ4v) is 2.63. The molecule has 11 heavy (non-hydrogen) atoms. The SMILES string of the molecule is CCC(C)S(=O)c1nncs1. The molecule has 1 rings (SSSR count). The van der Waals surface area contributed by atoms with Crippen molar-refractivity contribution in [3.8, 4) is 0 Å². The topological polar surface area (TPSA) is 42.9 Å². The summed E-state index contributed by atoms with van der Waals surface area (Å²) in [7, 11) is -0.952. The lowest BCUT2D eigenvalue weighted by Crippen LogP contribution is -2.08. The van der Waals surface area contributed by atoms with E-state index in [1.54, 1.807) is 5.51 Å². The average Bonchev–Trinajstić information content (AvgIpc) is 2.53. The molecule has 0 fully saturated rings. The number of aromatic nitrogens is 2. The Morgan fingerprint density at radius 3 is 3.00 bits per heavy atom. The Bertz CT molecular complexity index is 235. The summed E-state index contributed by atoms with van der Waals surface area (Å²) in [6.45, 7) is 3.97. The first-order valence-corrected chi connectivity index (χ1v) is 5.51. The maximum Gasteiger partial charge on any atom is 0.204 e. The van der Waals surface area contributed by atoms with E-state index in [9.17, 15) is 4.21 Å². The number of hydrogen-bond donors (Lipinski definition) is 0. The second-order valence-corrected chi connectivity index (χ2v) is 5.10. The van der Waals surface area contributed by atoms with Crippen LogP contribution in [0.5, 0.6) is 0 Å². The molecule has 0 amide bonds. The average molecular weight is 190 g/mol. The molecule has 5 heteroatoms. The summed E-state index contributed by atoms with van der Waals surface area (Å²) in [6, 6.07) is 0. The molecular weight excluding hydrogens is 180 g/mol. The molecular formula is C6H10N2OS2. The second-order valence-electron chi connectivity index (χ2n) is 2.22. The zero-order chi connectivity index (χ0) is 8.27. The highest BCUT2D eigenvalue weighted by Crippen LogP contribution is 2.13. The van der Waals surface area contributed by atoms with Gasteiger partial charge < -0.3 is 0 Å². The van der Waals surface area contributed by atoms with Gasteiger partial charge in [0.1, 0.15) is 5.51 Å². The van der Waals surface area contributed by atoms with Crippen molar-refractivity contribution in [2.45, 2.75) is 29.9 Å². The summed E-state index contributed by atoms with van der Waals surface area (Å²) in [4.78, 5) is 0. The van der Waals surface area contributed by atoms with Crippen LogP contribution in [0.1, 0.15) is 20.3 Å². The summed E-state index contributed by atoms with van der Waals surface area (Å²) >= 11 is 1.35. The molecule has 0 aliphatic carbocycles. The van der Waals surface area contributed by atoms with Crippen molar-refractivity contribution >= 4 is 22.1 Å². The smallest absolute Gasteiger partial charge is 0.204 e. The molecule has 0 N–H and O–H groups in total. The summed E-state index contributed by atoms with van der Waals surface area (Å²) in [5.41, 5.74) is 1.61. The molecule has 0 aliphatic rings. The summed E-state index contributed by atoms with van der Waals surface area (Å²) in [5.74, 6) is 0. The van der Waals surface area contributed by atoms with E-state index < -0.39 is 10.8 Å². The largest absolute Gasteiger partial charge is 0.252 e. The second kappa shape index (κ2) is 3.92. The number of nitrogens with zero attached hydrogens (tertiary/aromatic N) is 2. The zero-order valence-electron chi connectivity index (χ0n) is 6.48. The van der Waals surface area contributed by atoms with Crippen LogP contribution in [-0.4, -0.2) is 19.7 Å².